The molecule has 11 nitrogen and oxygen atoms in total. The van der Waals surface area contributed by atoms with Gasteiger partial charge in [0.2, 0.25) is 0 Å². The fraction of sp³-hybridized carbons (Fsp3) is 0.273. The fourth-order valence-corrected chi connectivity index (χ4v) is 5.99. The van der Waals surface area contributed by atoms with Gasteiger partial charge in [-0.1, -0.05) is 23.5 Å². The Balaban J connectivity index is 0.000000263. The van der Waals surface area contributed by atoms with E-state index in [4.69, 9.17) is 15.9 Å². The van der Waals surface area contributed by atoms with Crippen molar-refractivity contribution in [3.63, 3.8) is 0 Å². The lowest BCUT2D eigenvalue weighted by Crippen LogP contribution is -2.29. The molecule has 0 saturated carbocycles. The predicted octanol–water partition coefficient (Wildman–Crippen LogP) is 3.78. The molecule has 0 spiro atoms. The number of aryl methyl sites for hydroxylation is 1. The number of nitrogen functional groups attached to an aromatic ring is 1. The van der Waals surface area contributed by atoms with Crippen LogP contribution < -0.4 is 5.73 Å². The Kier molecular flexibility index (Phi) is 8.96. The number of carbonyl (C=O) groups is 1. The van der Waals surface area contributed by atoms with Gasteiger partial charge in [0.25, 0.3) is 10.0 Å². The first kappa shape index (κ1) is 31.7. The van der Waals surface area contributed by atoms with E-state index < -0.39 is 50.8 Å². The number of rotatable bonds is 6. The van der Waals surface area contributed by atoms with Crippen LogP contribution in [0, 0.1) is 6.92 Å². The molecule has 0 saturated heterocycles. The Morgan fingerprint density at radius 2 is 1.71 bits per heavy atom. The molecule has 19 heteroatoms. The Labute approximate surface area is 231 Å². The number of anilines is 1. The summed E-state index contributed by atoms with van der Waals surface area (Å²) in [5, 5.41) is 21.3. The van der Waals surface area contributed by atoms with Gasteiger partial charge < -0.3 is 15.9 Å². The number of hydrogen-bond donors (Lipinski definition) is 3. The number of sulfonamides is 1. The molecule has 3 aromatic heterocycles. The van der Waals surface area contributed by atoms with E-state index in [-0.39, 0.29) is 33.7 Å². The third kappa shape index (κ3) is 6.92. The van der Waals surface area contributed by atoms with Crippen molar-refractivity contribution < 1.29 is 49.8 Å². The molecule has 4 N–H and O–H groups in total. The van der Waals surface area contributed by atoms with Crippen LogP contribution in [-0.2, 0) is 22.4 Å². The number of fused-ring (bicyclic) bond motifs is 1. The lowest BCUT2D eigenvalue weighted by atomic mass is 10.1. The molecule has 0 aliphatic heterocycles. The number of hydrogen-bond acceptors (Lipinski definition) is 9. The first-order valence-electron chi connectivity index (χ1n) is 11.0. The molecule has 1 aromatic carbocycles. The van der Waals surface area contributed by atoms with Crippen molar-refractivity contribution in [3.8, 4) is 11.3 Å². The minimum Gasteiger partial charge on any atom is -0.477 e. The molecular formula is C22H20F6N6O5S2. The maximum Gasteiger partial charge on any atom is 0.433 e. The number of nitrogens with two attached hydrogens (primary N) is 1. The van der Waals surface area contributed by atoms with E-state index in [1.807, 2.05) is 0 Å². The molecule has 4 aromatic rings. The molecule has 3 heterocycles. The summed E-state index contributed by atoms with van der Waals surface area (Å²) < 4.78 is 103. The number of carboxylic acid groups (broad SMARTS) is 1. The number of nitrogens with zero attached hydrogens (tertiary/aromatic N) is 5. The number of alkyl halides is 6. The van der Waals surface area contributed by atoms with Crippen molar-refractivity contribution in [2.75, 3.05) is 25.9 Å². The predicted molar refractivity (Wildman–Crippen MR) is 134 cm³/mol. The quantitative estimate of drug-likeness (QED) is 0.270. The second kappa shape index (κ2) is 11.6. The highest BCUT2D eigenvalue weighted by Gasteiger charge is 2.36. The molecule has 4 rings (SSSR count). The van der Waals surface area contributed by atoms with Crippen molar-refractivity contribution in [2.45, 2.75) is 23.5 Å². The van der Waals surface area contributed by atoms with Crippen LogP contribution in [0.3, 0.4) is 0 Å². The summed E-state index contributed by atoms with van der Waals surface area (Å²) >= 11 is 0.931. The SMILES string of the molecule is Cc1nc(N)sc1S(=O)(=O)N(C)CCO.O=C(O)c1cnn2c(C(F)(F)F)cc(-c3ccc(C(F)(F)F)cc3)nc12. The number of halogens is 6. The number of likely N-dealkylation sites (N-methyl/N-ethyl adjacent to an activating group) is 1. The average molecular weight is 627 g/mol. The van der Waals surface area contributed by atoms with Crippen LogP contribution in [0.2, 0.25) is 0 Å². The van der Waals surface area contributed by atoms with Crippen molar-refractivity contribution >= 4 is 38.1 Å². The standard InChI is InChI=1S/C15H7F6N3O2.C7H13N3O3S2/c16-14(17,18)8-3-1-7(2-4-8)10-5-11(15(19,20)21)24-12(23-10)9(6-22-24)13(25)26;1-5-6(14-7(8)9-5)15(12,13)10(2)3-4-11/h1-6H,(H,25,26);11H,3-4H2,1-2H3,(H2,8,9). The molecule has 41 heavy (non-hydrogen) atoms. The molecule has 0 aliphatic carbocycles. The molecule has 0 atom stereocenters. The number of aromatic carboxylic acids is 1. The Hall–Kier alpha value is -3.81. The normalized spacial score (nSPS) is 12.4. The van der Waals surface area contributed by atoms with Crippen molar-refractivity contribution in [3.05, 3.63) is 59.0 Å². The van der Waals surface area contributed by atoms with E-state index in [9.17, 15) is 39.6 Å². The van der Waals surface area contributed by atoms with Gasteiger partial charge in [-0.15, -0.1) is 0 Å². The third-order valence-corrected chi connectivity index (χ3v) is 8.76. The van der Waals surface area contributed by atoms with Crippen LogP contribution in [0.15, 0.2) is 40.7 Å². The second-order valence-corrected chi connectivity index (χ2v) is 11.4. The largest absolute Gasteiger partial charge is 0.477 e. The summed E-state index contributed by atoms with van der Waals surface area (Å²) in [7, 11) is -2.16. The molecule has 0 radical (unpaired) electrons. The van der Waals surface area contributed by atoms with Gasteiger partial charge in [0.1, 0.15) is 5.56 Å². The zero-order valence-corrected chi connectivity index (χ0v) is 22.5. The van der Waals surface area contributed by atoms with Crippen LogP contribution in [-0.4, -0.2) is 68.7 Å². The maximum atomic E-state index is 13.3. The highest BCUT2D eigenvalue weighted by atomic mass is 32.2. The fourth-order valence-electron chi connectivity index (χ4n) is 3.34. The number of aliphatic hydroxyl groups excluding tert-OH is 1. The maximum absolute atomic E-state index is 13.3. The van der Waals surface area contributed by atoms with E-state index in [2.05, 4.69) is 15.1 Å². The first-order valence-corrected chi connectivity index (χ1v) is 13.3. The van der Waals surface area contributed by atoms with Crippen LogP contribution in [0.4, 0.5) is 31.5 Å². The number of thiazole rings is 1. The first-order chi connectivity index (χ1) is 18.9. The number of aromatic nitrogens is 4. The van der Waals surface area contributed by atoms with Crippen LogP contribution in [0.5, 0.6) is 0 Å². The van der Waals surface area contributed by atoms with Crippen molar-refractivity contribution in [1.82, 2.24) is 23.9 Å². The summed E-state index contributed by atoms with van der Waals surface area (Å²) in [6.45, 7) is 1.43. The van der Waals surface area contributed by atoms with Gasteiger partial charge >= 0.3 is 18.3 Å². The van der Waals surface area contributed by atoms with E-state index >= 15 is 0 Å². The van der Waals surface area contributed by atoms with Gasteiger partial charge in [-0.25, -0.2) is 27.7 Å². The van der Waals surface area contributed by atoms with E-state index in [0.29, 0.717) is 28.4 Å². The minimum absolute atomic E-state index is 0.0384. The summed E-state index contributed by atoms with van der Waals surface area (Å²) in [5.74, 6) is -1.54. The zero-order chi connectivity index (χ0) is 30.9. The molecule has 0 amide bonds. The van der Waals surface area contributed by atoms with Crippen LogP contribution >= 0.6 is 11.3 Å². The van der Waals surface area contributed by atoms with Crippen molar-refractivity contribution in [2.24, 2.45) is 0 Å². The van der Waals surface area contributed by atoms with Gasteiger partial charge in [-0.3, -0.25) is 0 Å². The third-order valence-electron chi connectivity index (χ3n) is 5.33. The number of carboxylic acids is 1. The Morgan fingerprint density at radius 1 is 1.10 bits per heavy atom. The van der Waals surface area contributed by atoms with Crippen molar-refractivity contribution in [1.29, 1.82) is 0 Å². The molecule has 0 fully saturated rings. The Bertz CT molecular complexity index is 1670. The molecule has 0 aliphatic rings. The average Bonchev–Trinajstić information content (AvgIpc) is 3.45. The van der Waals surface area contributed by atoms with Gasteiger partial charge in [-0.2, -0.15) is 35.7 Å². The Morgan fingerprint density at radius 3 is 2.17 bits per heavy atom. The molecule has 222 valence electrons. The summed E-state index contributed by atoms with van der Waals surface area (Å²) in [4.78, 5) is 18.8. The highest BCUT2D eigenvalue weighted by molar-refractivity contribution is 7.91. The highest BCUT2D eigenvalue weighted by Crippen LogP contribution is 2.34. The van der Waals surface area contributed by atoms with E-state index in [1.54, 1.807) is 6.92 Å². The van der Waals surface area contributed by atoms with Gasteiger partial charge in [0, 0.05) is 19.2 Å². The molecule has 0 bridgehead atoms. The summed E-state index contributed by atoms with van der Waals surface area (Å²) in [6, 6.07) is 3.90. The van der Waals surface area contributed by atoms with Gasteiger partial charge in [0.15, 0.2) is 20.7 Å². The topological polar surface area (TPSA) is 164 Å². The van der Waals surface area contributed by atoms with Gasteiger partial charge in [-0.05, 0) is 25.1 Å². The summed E-state index contributed by atoms with van der Waals surface area (Å²) in [5.41, 5.74) is 2.03. The molecular weight excluding hydrogens is 606 g/mol. The van der Waals surface area contributed by atoms with E-state index in [1.165, 1.54) is 7.05 Å². The van der Waals surface area contributed by atoms with Gasteiger partial charge in [0.05, 0.1) is 29.8 Å². The lowest BCUT2D eigenvalue weighted by Gasteiger charge is -2.14. The number of benzene rings is 1. The smallest absolute Gasteiger partial charge is 0.433 e. The van der Waals surface area contributed by atoms with Crippen LogP contribution in [0.25, 0.3) is 16.9 Å². The number of aliphatic hydroxyl groups is 1. The zero-order valence-electron chi connectivity index (χ0n) is 20.9. The second-order valence-electron chi connectivity index (χ2n) is 8.17. The lowest BCUT2D eigenvalue weighted by molar-refractivity contribution is -0.142. The van der Waals surface area contributed by atoms with Crippen LogP contribution in [0.1, 0.15) is 27.3 Å². The summed E-state index contributed by atoms with van der Waals surface area (Å²) in [6.07, 6.45) is -8.77. The molecule has 0 unspecified atom stereocenters. The van der Waals surface area contributed by atoms with E-state index in [0.717, 1.165) is 34.0 Å². The minimum atomic E-state index is -4.89. The monoisotopic (exact) mass is 626 g/mol.